The summed E-state index contributed by atoms with van der Waals surface area (Å²) in [4.78, 5) is 28.3. The van der Waals surface area contributed by atoms with Crippen LogP contribution in [0.2, 0.25) is 5.02 Å². The number of halogens is 1. The van der Waals surface area contributed by atoms with Crippen molar-refractivity contribution >= 4 is 23.4 Å². The van der Waals surface area contributed by atoms with Crippen LogP contribution in [-0.4, -0.2) is 35.9 Å². The molecule has 1 atom stereocenters. The molecule has 0 spiro atoms. The number of benzene rings is 3. The molecule has 0 aliphatic carbocycles. The van der Waals surface area contributed by atoms with Gasteiger partial charge in [0.15, 0.2) is 0 Å². The minimum absolute atomic E-state index is 0.107. The fourth-order valence-corrected chi connectivity index (χ4v) is 4.04. The van der Waals surface area contributed by atoms with Gasteiger partial charge in [-0.3, -0.25) is 9.59 Å². The second-order valence-corrected chi connectivity index (χ2v) is 8.89. The Morgan fingerprint density at radius 3 is 2.34 bits per heavy atom. The molecular weight excluding hydrogens is 460 g/mol. The van der Waals surface area contributed by atoms with E-state index in [1.807, 2.05) is 86.6 Å². The van der Waals surface area contributed by atoms with Crippen molar-refractivity contribution in [3.05, 3.63) is 101 Å². The summed E-state index contributed by atoms with van der Waals surface area (Å²) in [7, 11) is 0. The molecule has 0 heterocycles. The first-order chi connectivity index (χ1) is 17.0. The summed E-state index contributed by atoms with van der Waals surface area (Å²) in [5.74, 6) is 0.498. The van der Waals surface area contributed by atoms with Gasteiger partial charge in [-0.2, -0.15) is 0 Å². The van der Waals surface area contributed by atoms with E-state index in [2.05, 4.69) is 5.32 Å². The quantitative estimate of drug-likeness (QED) is 0.335. The summed E-state index contributed by atoms with van der Waals surface area (Å²) in [5, 5.41) is 3.48. The third-order valence-electron chi connectivity index (χ3n) is 5.75. The fourth-order valence-electron chi connectivity index (χ4n) is 3.85. The van der Waals surface area contributed by atoms with Crippen LogP contribution in [0.25, 0.3) is 0 Å². The summed E-state index contributed by atoms with van der Waals surface area (Å²) in [6.45, 7) is 5.06. The molecule has 0 saturated carbocycles. The Morgan fingerprint density at radius 1 is 0.971 bits per heavy atom. The van der Waals surface area contributed by atoms with Crippen molar-refractivity contribution in [2.24, 2.45) is 0 Å². The molecule has 3 rings (SSSR count). The number of hydrogen-bond acceptors (Lipinski definition) is 3. The lowest BCUT2D eigenvalue weighted by molar-refractivity contribution is -0.141. The molecule has 0 fully saturated rings. The Hall–Kier alpha value is -3.31. The summed E-state index contributed by atoms with van der Waals surface area (Å²) in [6, 6.07) is 24.4. The number of ether oxygens (including phenoxy) is 1. The molecule has 0 aliphatic heterocycles. The second kappa shape index (κ2) is 13.5. The van der Waals surface area contributed by atoms with Crippen LogP contribution >= 0.6 is 11.6 Å². The number of nitrogens with one attached hydrogen (secondary N) is 1. The minimum Gasteiger partial charge on any atom is -0.494 e. The van der Waals surface area contributed by atoms with Gasteiger partial charge in [-0.05, 0) is 49.6 Å². The van der Waals surface area contributed by atoms with E-state index in [9.17, 15) is 9.59 Å². The van der Waals surface area contributed by atoms with E-state index in [0.717, 1.165) is 22.4 Å². The molecule has 1 unspecified atom stereocenters. The van der Waals surface area contributed by atoms with Crippen molar-refractivity contribution in [2.45, 2.75) is 45.7 Å². The van der Waals surface area contributed by atoms with Crippen molar-refractivity contribution in [3.63, 3.8) is 0 Å². The van der Waals surface area contributed by atoms with Gasteiger partial charge >= 0.3 is 0 Å². The highest BCUT2D eigenvalue weighted by molar-refractivity contribution is 6.31. The molecule has 3 aromatic carbocycles. The number of aryl methyl sites for hydroxylation is 1. The van der Waals surface area contributed by atoms with Gasteiger partial charge in [0.25, 0.3) is 0 Å². The molecule has 2 amide bonds. The van der Waals surface area contributed by atoms with Crippen molar-refractivity contribution in [1.82, 2.24) is 10.2 Å². The van der Waals surface area contributed by atoms with Crippen LogP contribution in [-0.2, 0) is 22.6 Å². The number of nitrogens with zero attached hydrogens (tertiary/aromatic N) is 1. The number of amides is 2. The van der Waals surface area contributed by atoms with Crippen LogP contribution in [0.1, 0.15) is 36.5 Å². The summed E-state index contributed by atoms with van der Waals surface area (Å²) >= 11 is 6.43. The summed E-state index contributed by atoms with van der Waals surface area (Å²) < 4.78 is 5.80. The molecule has 5 nitrogen and oxygen atoms in total. The average molecular weight is 493 g/mol. The molecule has 0 saturated heterocycles. The van der Waals surface area contributed by atoms with Crippen LogP contribution < -0.4 is 10.1 Å². The van der Waals surface area contributed by atoms with Crippen molar-refractivity contribution < 1.29 is 14.3 Å². The van der Waals surface area contributed by atoms with E-state index in [0.29, 0.717) is 31.0 Å². The zero-order valence-electron chi connectivity index (χ0n) is 20.4. The summed E-state index contributed by atoms with van der Waals surface area (Å²) in [6.07, 6.45) is 1.23. The average Bonchev–Trinajstić information content (AvgIpc) is 2.86. The molecule has 3 aromatic rings. The Labute approximate surface area is 213 Å². The third-order valence-corrected chi connectivity index (χ3v) is 6.11. The third kappa shape index (κ3) is 8.15. The standard InChI is InChI=1S/C29H33ClN2O3/c1-3-31-29(34)27(20-23-10-5-4-6-11-23)32(21-24-12-7-8-13-26(24)30)28(33)14-9-19-35-25-17-15-22(2)16-18-25/h4-8,10-13,15-18,27H,3,9,14,19-21H2,1-2H3,(H,31,34). The van der Waals surface area contributed by atoms with Crippen LogP contribution in [0.3, 0.4) is 0 Å². The molecule has 0 aromatic heterocycles. The minimum atomic E-state index is -0.654. The van der Waals surface area contributed by atoms with Gasteiger partial charge in [0.05, 0.1) is 6.61 Å². The molecular formula is C29H33ClN2O3. The van der Waals surface area contributed by atoms with E-state index in [4.69, 9.17) is 16.3 Å². The van der Waals surface area contributed by atoms with Crippen LogP contribution in [0.5, 0.6) is 5.75 Å². The Kier molecular flexibility index (Phi) is 10.2. The Morgan fingerprint density at radius 2 is 1.66 bits per heavy atom. The number of hydrogen-bond donors (Lipinski definition) is 1. The predicted octanol–water partition coefficient (Wildman–Crippen LogP) is 5.58. The maximum Gasteiger partial charge on any atom is 0.243 e. The van der Waals surface area contributed by atoms with Crippen molar-refractivity contribution in [2.75, 3.05) is 13.2 Å². The maximum absolute atomic E-state index is 13.5. The highest BCUT2D eigenvalue weighted by atomic mass is 35.5. The topological polar surface area (TPSA) is 58.6 Å². The smallest absolute Gasteiger partial charge is 0.243 e. The maximum atomic E-state index is 13.5. The van der Waals surface area contributed by atoms with E-state index in [1.54, 1.807) is 11.0 Å². The first kappa shape index (κ1) is 26.3. The van der Waals surface area contributed by atoms with Crippen molar-refractivity contribution in [1.29, 1.82) is 0 Å². The second-order valence-electron chi connectivity index (χ2n) is 8.48. The molecule has 1 N–H and O–H groups in total. The molecule has 0 radical (unpaired) electrons. The van der Waals surface area contributed by atoms with E-state index >= 15 is 0 Å². The number of likely N-dealkylation sites (N-methyl/N-ethyl adjacent to an activating group) is 1. The van der Waals surface area contributed by atoms with E-state index < -0.39 is 6.04 Å². The lowest BCUT2D eigenvalue weighted by Crippen LogP contribution is -2.50. The van der Waals surface area contributed by atoms with E-state index in [1.165, 1.54) is 0 Å². The number of rotatable bonds is 12. The lowest BCUT2D eigenvalue weighted by atomic mass is 10.0. The Bertz CT molecular complexity index is 1090. The first-order valence-corrected chi connectivity index (χ1v) is 12.4. The Balaban J connectivity index is 1.77. The lowest BCUT2D eigenvalue weighted by Gasteiger charge is -2.32. The van der Waals surface area contributed by atoms with Crippen LogP contribution in [0.15, 0.2) is 78.9 Å². The van der Waals surface area contributed by atoms with Gasteiger partial charge in [0, 0.05) is 31.0 Å². The van der Waals surface area contributed by atoms with Gasteiger partial charge in [-0.15, -0.1) is 0 Å². The highest BCUT2D eigenvalue weighted by Gasteiger charge is 2.30. The van der Waals surface area contributed by atoms with Crippen LogP contribution in [0, 0.1) is 6.92 Å². The number of carbonyl (C=O) groups excluding carboxylic acids is 2. The van der Waals surface area contributed by atoms with Gasteiger partial charge in [0.2, 0.25) is 11.8 Å². The zero-order valence-corrected chi connectivity index (χ0v) is 21.1. The monoisotopic (exact) mass is 492 g/mol. The van der Waals surface area contributed by atoms with Gasteiger partial charge in [0.1, 0.15) is 11.8 Å². The molecule has 6 heteroatoms. The zero-order chi connectivity index (χ0) is 25.0. The SMILES string of the molecule is CCNC(=O)C(Cc1ccccc1)N(Cc1ccccc1Cl)C(=O)CCCOc1ccc(C)cc1. The molecule has 184 valence electrons. The van der Waals surface area contributed by atoms with Crippen LogP contribution in [0.4, 0.5) is 0 Å². The fraction of sp³-hybridized carbons (Fsp3) is 0.310. The normalized spacial score (nSPS) is 11.5. The molecule has 0 bridgehead atoms. The van der Waals surface area contributed by atoms with E-state index in [-0.39, 0.29) is 24.8 Å². The van der Waals surface area contributed by atoms with Gasteiger partial charge < -0.3 is 15.0 Å². The van der Waals surface area contributed by atoms with Gasteiger partial charge in [-0.1, -0.05) is 77.8 Å². The molecule has 35 heavy (non-hydrogen) atoms. The molecule has 0 aliphatic rings. The van der Waals surface area contributed by atoms with Crippen molar-refractivity contribution in [3.8, 4) is 5.75 Å². The first-order valence-electron chi connectivity index (χ1n) is 12.0. The predicted molar refractivity (Wildman–Crippen MR) is 141 cm³/mol. The highest BCUT2D eigenvalue weighted by Crippen LogP contribution is 2.21. The largest absolute Gasteiger partial charge is 0.494 e. The van der Waals surface area contributed by atoms with Gasteiger partial charge in [-0.25, -0.2) is 0 Å². The summed E-state index contributed by atoms with van der Waals surface area (Å²) in [5.41, 5.74) is 2.96. The number of carbonyl (C=O) groups is 2.